The summed E-state index contributed by atoms with van der Waals surface area (Å²) in [6.07, 6.45) is 1.11. The van der Waals surface area contributed by atoms with Crippen molar-refractivity contribution >= 4 is 34.4 Å². The van der Waals surface area contributed by atoms with E-state index < -0.39 is 6.09 Å². The quantitative estimate of drug-likeness (QED) is 0.259. The number of aromatic nitrogens is 3. The Labute approximate surface area is 200 Å². The van der Waals surface area contributed by atoms with Crippen LogP contribution >= 0.6 is 11.8 Å². The Hall–Kier alpha value is -3.56. The topological polar surface area (TPSA) is 120 Å². The van der Waals surface area contributed by atoms with Gasteiger partial charge in [-0.15, -0.1) is 0 Å². The average molecular weight is 479 g/mol. The number of nitrogens with one attached hydrogen (secondary N) is 3. The van der Waals surface area contributed by atoms with E-state index in [0.717, 1.165) is 44.8 Å². The van der Waals surface area contributed by atoms with Gasteiger partial charge in [0, 0.05) is 33.7 Å². The fourth-order valence-corrected chi connectivity index (χ4v) is 4.92. The summed E-state index contributed by atoms with van der Waals surface area (Å²) in [7, 11) is 1.61. The minimum atomic E-state index is -1.11. The van der Waals surface area contributed by atoms with E-state index in [1.807, 2.05) is 42.5 Å². The van der Waals surface area contributed by atoms with Crippen LogP contribution in [0.3, 0.4) is 0 Å². The lowest BCUT2D eigenvalue weighted by molar-refractivity contribution is 0.202. The standard InChI is InChI=1S/C25H26N4O4S/c1-3-6-20-23(24(30)29-28-20)21-14-22(17-7-4-5-8-19(17)26-21)34-16-9-10-18(27-25(31)32)15(13-16)11-12-33-2/h4-5,7-10,13-14,27H,3,6,11-12H2,1-2H3,(H,31,32)(H2,28,29,30). The third kappa shape index (κ3) is 5.16. The van der Waals surface area contributed by atoms with Gasteiger partial charge in [-0.05, 0) is 48.7 Å². The number of rotatable bonds is 9. The summed E-state index contributed by atoms with van der Waals surface area (Å²) >= 11 is 1.55. The van der Waals surface area contributed by atoms with Gasteiger partial charge in [-0.25, -0.2) is 9.78 Å². The number of carboxylic acid groups (broad SMARTS) is 1. The maximum atomic E-state index is 12.6. The van der Waals surface area contributed by atoms with E-state index >= 15 is 0 Å². The first-order chi connectivity index (χ1) is 16.5. The van der Waals surface area contributed by atoms with Crippen molar-refractivity contribution in [3.63, 3.8) is 0 Å². The molecular formula is C25H26N4O4S. The second-order valence-corrected chi connectivity index (χ2v) is 8.91. The molecule has 176 valence electrons. The number of nitrogens with zero attached hydrogens (tertiary/aromatic N) is 1. The van der Waals surface area contributed by atoms with Gasteiger partial charge < -0.3 is 14.9 Å². The number of aryl methyl sites for hydroxylation is 1. The predicted octanol–water partition coefficient (Wildman–Crippen LogP) is 5.30. The fraction of sp³-hybridized carbons (Fsp3) is 0.240. The van der Waals surface area contributed by atoms with Gasteiger partial charge in [-0.3, -0.25) is 15.2 Å². The molecule has 0 radical (unpaired) electrons. The zero-order valence-corrected chi connectivity index (χ0v) is 19.8. The summed E-state index contributed by atoms with van der Waals surface area (Å²) < 4.78 is 5.20. The second-order valence-electron chi connectivity index (χ2n) is 7.80. The first-order valence-corrected chi connectivity index (χ1v) is 11.8. The molecule has 34 heavy (non-hydrogen) atoms. The van der Waals surface area contributed by atoms with E-state index in [1.165, 1.54) is 0 Å². The second kappa shape index (κ2) is 10.6. The normalized spacial score (nSPS) is 11.1. The summed E-state index contributed by atoms with van der Waals surface area (Å²) in [6.45, 7) is 2.54. The number of para-hydroxylation sites is 1. The molecule has 0 fully saturated rings. The predicted molar refractivity (Wildman–Crippen MR) is 134 cm³/mol. The van der Waals surface area contributed by atoms with Crippen molar-refractivity contribution in [2.75, 3.05) is 19.0 Å². The minimum absolute atomic E-state index is 0.187. The number of aromatic amines is 2. The Morgan fingerprint density at radius 2 is 1.97 bits per heavy atom. The molecule has 0 bridgehead atoms. The lowest BCUT2D eigenvalue weighted by Gasteiger charge is -2.13. The van der Waals surface area contributed by atoms with Gasteiger partial charge in [0.1, 0.15) is 0 Å². The highest BCUT2D eigenvalue weighted by Gasteiger charge is 2.17. The van der Waals surface area contributed by atoms with Crippen molar-refractivity contribution in [2.24, 2.45) is 0 Å². The van der Waals surface area contributed by atoms with Crippen LogP contribution in [0.2, 0.25) is 0 Å². The van der Waals surface area contributed by atoms with Crippen LogP contribution in [0.5, 0.6) is 0 Å². The molecule has 9 heteroatoms. The summed E-state index contributed by atoms with van der Waals surface area (Å²) in [5, 5.41) is 18.3. The molecule has 4 N–H and O–H groups in total. The van der Waals surface area contributed by atoms with Crippen LogP contribution in [0.4, 0.5) is 10.5 Å². The Morgan fingerprint density at radius 3 is 2.74 bits per heavy atom. The summed E-state index contributed by atoms with van der Waals surface area (Å²) in [5.41, 5.74) is 4.03. The monoisotopic (exact) mass is 478 g/mol. The van der Waals surface area contributed by atoms with E-state index in [-0.39, 0.29) is 5.56 Å². The molecule has 8 nitrogen and oxygen atoms in total. The highest BCUT2D eigenvalue weighted by molar-refractivity contribution is 7.99. The zero-order chi connectivity index (χ0) is 24.1. The first-order valence-electron chi connectivity index (χ1n) is 11.0. The Morgan fingerprint density at radius 1 is 1.15 bits per heavy atom. The molecule has 2 aromatic carbocycles. The largest absolute Gasteiger partial charge is 0.465 e. The molecule has 0 saturated heterocycles. The van der Waals surface area contributed by atoms with Crippen molar-refractivity contribution in [1.29, 1.82) is 0 Å². The molecule has 0 saturated carbocycles. The van der Waals surface area contributed by atoms with Crippen molar-refractivity contribution < 1.29 is 14.6 Å². The van der Waals surface area contributed by atoms with E-state index in [1.54, 1.807) is 24.9 Å². The summed E-state index contributed by atoms with van der Waals surface area (Å²) in [6, 6.07) is 15.4. The fourth-order valence-electron chi connectivity index (χ4n) is 3.88. The van der Waals surface area contributed by atoms with Crippen molar-refractivity contribution in [2.45, 2.75) is 36.0 Å². The van der Waals surface area contributed by atoms with Gasteiger partial charge in [-0.1, -0.05) is 43.3 Å². The van der Waals surface area contributed by atoms with E-state index in [0.29, 0.717) is 30.0 Å². The number of methoxy groups -OCH3 is 1. The van der Waals surface area contributed by atoms with Crippen LogP contribution in [0.25, 0.3) is 22.2 Å². The molecule has 0 aliphatic rings. The minimum Gasteiger partial charge on any atom is -0.465 e. The molecule has 2 heterocycles. The lowest BCUT2D eigenvalue weighted by atomic mass is 10.1. The molecule has 0 aliphatic heterocycles. The molecule has 1 amide bonds. The van der Waals surface area contributed by atoms with Crippen LogP contribution in [-0.2, 0) is 17.6 Å². The maximum absolute atomic E-state index is 12.6. The molecular weight excluding hydrogens is 452 g/mol. The number of hydrogen-bond acceptors (Lipinski definition) is 5. The molecule has 2 aromatic heterocycles. The first kappa shape index (κ1) is 23.6. The molecule has 0 atom stereocenters. The van der Waals surface area contributed by atoms with Crippen molar-refractivity contribution in [3.8, 4) is 11.3 Å². The number of hydrogen-bond donors (Lipinski definition) is 4. The SMILES string of the molecule is CCCc1[nH][nH]c(=O)c1-c1cc(Sc2ccc(NC(=O)O)c(CCOC)c2)c2ccccc2n1. The Kier molecular flexibility index (Phi) is 7.34. The molecule has 4 aromatic rings. The van der Waals surface area contributed by atoms with E-state index in [4.69, 9.17) is 14.8 Å². The molecule has 4 rings (SSSR count). The van der Waals surface area contributed by atoms with Crippen LogP contribution in [0, 0.1) is 0 Å². The smallest absolute Gasteiger partial charge is 0.409 e. The summed E-state index contributed by atoms with van der Waals surface area (Å²) in [4.78, 5) is 30.5. The summed E-state index contributed by atoms with van der Waals surface area (Å²) in [5.74, 6) is 0. The maximum Gasteiger partial charge on any atom is 0.409 e. The number of pyridine rings is 1. The van der Waals surface area contributed by atoms with E-state index in [2.05, 4.69) is 22.4 Å². The van der Waals surface area contributed by atoms with Gasteiger partial charge >= 0.3 is 6.09 Å². The molecule has 0 spiro atoms. The van der Waals surface area contributed by atoms with Crippen molar-refractivity contribution in [3.05, 3.63) is 70.1 Å². The van der Waals surface area contributed by atoms with Gasteiger partial charge in [-0.2, -0.15) is 0 Å². The van der Waals surface area contributed by atoms with Crippen LogP contribution in [0.15, 0.2) is 63.1 Å². The van der Waals surface area contributed by atoms with E-state index in [9.17, 15) is 9.59 Å². The van der Waals surface area contributed by atoms with Crippen LogP contribution in [-0.4, -0.2) is 40.1 Å². The number of H-pyrrole nitrogens is 2. The van der Waals surface area contributed by atoms with Crippen molar-refractivity contribution in [1.82, 2.24) is 15.2 Å². The highest BCUT2D eigenvalue weighted by Crippen LogP contribution is 2.37. The average Bonchev–Trinajstić information content (AvgIpc) is 3.18. The third-order valence-electron chi connectivity index (χ3n) is 5.41. The Bertz CT molecular complexity index is 1380. The van der Waals surface area contributed by atoms with Gasteiger partial charge in [0.15, 0.2) is 0 Å². The van der Waals surface area contributed by atoms with Gasteiger partial charge in [0.2, 0.25) is 0 Å². The molecule has 0 unspecified atom stereocenters. The van der Waals surface area contributed by atoms with Gasteiger partial charge in [0.05, 0.1) is 23.4 Å². The number of benzene rings is 2. The number of ether oxygens (including phenoxy) is 1. The van der Waals surface area contributed by atoms with Crippen LogP contribution in [0.1, 0.15) is 24.6 Å². The van der Waals surface area contributed by atoms with Gasteiger partial charge in [0.25, 0.3) is 5.56 Å². The third-order valence-corrected chi connectivity index (χ3v) is 6.46. The Balaban J connectivity index is 1.78. The number of anilines is 1. The highest BCUT2D eigenvalue weighted by atomic mass is 32.2. The zero-order valence-electron chi connectivity index (χ0n) is 19.0. The number of fused-ring (bicyclic) bond motifs is 1. The number of amides is 1. The lowest BCUT2D eigenvalue weighted by Crippen LogP contribution is -2.10. The number of carbonyl (C=O) groups is 1. The molecule has 0 aliphatic carbocycles. The van der Waals surface area contributed by atoms with Crippen LogP contribution < -0.4 is 10.9 Å².